The van der Waals surface area contributed by atoms with Gasteiger partial charge in [-0.25, -0.2) is 9.97 Å². The van der Waals surface area contributed by atoms with Crippen molar-refractivity contribution in [2.45, 2.75) is 45.8 Å². The number of benzene rings is 1. The zero-order valence-corrected chi connectivity index (χ0v) is 21.6. The number of rotatable bonds is 6. The summed E-state index contributed by atoms with van der Waals surface area (Å²) < 4.78 is 5.86. The summed E-state index contributed by atoms with van der Waals surface area (Å²) in [5.41, 5.74) is 1.68. The van der Waals surface area contributed by atoms with Gasteiger partial charge in [-0.1, -0.05) is 43.1 Å². The zero-order valence-electron chi connectivity index (χ0n) is 20.0. The highest BCUT2D eigenvalue weighted by Crippen LogP contribution is 2.27. The van der Waals surface area contributed by atoms with E-state index in [0.29, 0.717) is 23.3 Å². The Kier molecular flexibility index (Phi) is 7.74. The Morgan fingerprint density at radius 3 is 2.40 bits per heavy atom. The van der Waals surface area contributed by atoms with E-state index in [-0.39, 0.29) is 33.7 Å². The second-order valence-electron chi connectivity index (χ2n) is 8.90. The fourth-order valence-electron chi connectivity index (χ4n) is 3.91. The van der Waals surface area contributed by atoms with E-state index in [1.807, 2.05) is 19.9 Å². The fraction of sp³-hybridized carbons (Fsp3) is 0.360. The number of hydrogen-bond acceptors (Lipinski definition) is 7. The largest absolute Gasteiger partial charge is 0.372 e. The molecule has 1 aromatic carbocycles. The topological polar surface area (TPSA) is 92.3 Å². The molecule has 1 fully saturated rings. The molecule has 0 radical (unpaired) electrons. The highest BCUT2D eigenvalue weighted by atomic mass is 35.5. The second kappa shape index (κ2) is 10.8. The number of nitrogens with zero attached hydrogens (tertiary/aromatic N) is 4. The minimum Gasteiger partial charge on any atom is -0.372 e. The molecule has 0 saturated carbocycles. The lowest BCUT2D eigenvalue weighted by molar-refractivity contribution is -0.00572. The number of hydrogen-bond donors (Lipinski definition) is 2. The number of aromatic nitrogens is 3. The molecule has 2 aromatic heterocycles. The minimum absolute atomic E-state index is 0.0926. The molecular weight excluding hydrogens is 487 g/mol. The van der Waals surface area contributed by atoms with Crippen LogP contribution in [0.2, 0.25) is 10.0 Å². The first kappa shape index (κ1) is 25.2. The van der Waals surface area contributed by atoms with Gasteiger partial charge in [-0.3, -0.25) is 4.79 Å². The lowest BCUT2D eigenvalue weighted by atomic mass is 10.1. The lowest BCUT2D eigenvalue weighted by Crippen LogP contribution is -2.46. The molecule has 10 heteroatoms. The maximum Gasteiger partial charge on any atom is 0.258 e. The third-order valence-corrected chi connectivity index (χ3v) is 6.12. The molecule has 2 N–H and O–H groups in total. The number of amides is 1. The molecule has 184 valence electrons. The van der Waals surface area contributed by atoms with Crippen LogP contribution < -0.4 is 15.5 Å². The van der Waals surface area contributed by atoms with Gasteiger partial charge in [0.15, 0.2) is 0 Å². The van der Waals surface area contributed by atoms with Gasteiger partial charge in [0, 0.05) is 37.1 Å². The van der Waals surface area contributed by atoms with Crippen molar-refractivity contribution >= 4 is 52.4 Å². The molecule has 3 heterocycles. The summed E-state index contributed by atoms with van der Waals surface area (Å²) in [5, 5.41) is 6.64. The zero-order chi connectivity index (χ0) is 25.1. The number of nitrogens with one attached hydrogen (secondary N) is 2. The maximum atomic E-state index is 12.8. The maximum absolute atomic E-state index is 12.8. The predicted octanol–water partition coefficient (Wildman–Crippen LogP) is 5.91. The number of anilines is 4. The van der Waals surface area contributed by atoms with E-state index < -0.39 is 5.91 Å². The lowest BCUT2D eigenvalue weighted by Gasteiger charge is -2.35. The van der Waals surface area contributed by atoms with Gasteiger partial charge in [0.2, 0.25) is 5.95 Å². The SMILES string of the molecule is CC1CN(c2nc(Nc3cc(NC(=O)c4c(Cl)cccc4Cl)ccn3)cc(C(C)C)n2)CC(C)O1. The van der Waals surface area contributed by atoms with Gasteiger partial charge in [-0.15, -0.1) is 0 Å². The summed E-state index contributed by atoms with van der Waals surface area (Å²) >= 11 is 12.3. The fourth-order valence-corrected chi connectivity index (χ4v) is 4.48. The number of halogens is 2. The summed E-state index contributed by atoms with van der Waals surface area (Å²) in [4.78, 5) is 28.8. The van der Waals surface area contributed by atoms with E-state index >= 15 is 0 Å². The molecule has 1 aliphatic heterocycles. The van der Waals surface area contributed by atoms with Crippen LogP contribution in [0.15, 0.2) is 42.6 Å². The van der Waals surface area contributed by atoms with Gasteiger partial charge in [0.25, 0.3) is 5.91 Å². The van der Waals surface area contributed by atoms with Gasteiger partial charge < -0.3 is 20.3 Å². The Morgan fingerprint density at radius 2 is 1.74 bits per heavy atom. The molecule has 0 bridgehead atoms. The van der Waals surface area contributed by atoms with Crippen LogP contribution in [-0.2, 0) is 4.74 Å². The van der Waals surface area contributed by atoms with Crippen molar-refractivity contribution in [3.05, 3.63) is 63.9 Å². The summed E-state index contributed by atoms with van der Waals surface area (Å²) in [6, 6.07) is 10.3. The Morgan fingerprint density at radius 1 is 1.06 bits per heavy atom. The standard InChI is InChI=1S/C25H28Cl2N6O2/c1-14(2)20-11-22(32-25(30-20)33-12-15(3)35-16(4)13-33)31-21-10-17(8-9-28-21)29-24(34)23-18(26)6-5-7-19(23)27/h5-11,14-16H,12-13H2,1-4H3,(H2,28,29,30,31,32,34). The van der Waals surface area contributed by atoms with Crippen LogP contribution in [0.1, 0.15) is 49.7 Å². The van der Waals surface area contributed by atoms with E-state index in [0.717, 1.165) is 18.8 Å². The van der Waals surface area contributed by atoms with E-state index in [1.165, 1.54) is 0 Å². The molecule has 8 nitrogen and oxygen atoms in total. The molecular formula is C25H28Cl2N6O2. The van der Waals surface area contributed by atoms with E-state index in [9.17, 15) is 4.79 Å². The second-order valence-corrected chi connectivity index (χ2v) is 9.71. The Hall–Kier alpha value is -2.94. The summed E-state index contributed by atoms with van der Waals surface area (Å²) in [7, 11) is 0. The van der Waals surface area contributed by atoms with Crippen molar-refractivity contribution < 1.29 is 9.53 Å². The number of morpholine rings is 1. The first-order valence-corrected chi connectivity index (χ1v) is 12.2. The third-order valence-electron chi connectivity index (χ3n) is 5.49. The smallest absolute Gasteiger partial charge is 0.258 e. The first-order valence-electron chi connectivity index (χ1n) is 11.5. The average molecular weight is 515 g/mol. The molecule has 1 aliphatic rings. The predicted molar refractivity (Wildman–Crippen MR) is 140 cm³/mol. The van der Waals surface area contributed by atoms with E-state index in [2.05, 4.69) is 34.4 Å². The summed E-state index contributed by atoms with van der Waals surface area (Å²) in [6.45, 7) is 9.72. The molecule has 35 heavy (non-hydrogen) atoms. The number of carbonyl (C=O) groups excluding carboxylic acids is 1. The van der Waals surface area contributed by atoms with Crippen LogP contribution in [0.3, 0.4) is 0 Å². The van der Waals surface area contributed by atoms with Gasteiger partial charge in [0.1, 0.15) is 11.6 Å². The minimum atomic E-state index is -0.403. The summed E-state index contributed by atoms with van der Waals surface area (Å²) in [6.07, 6.45) is 1.79. The Labute approximate surface area is 215 Å². The molecule has 2 unspecified atom stereocenters. The van der Waals surface area contributed by atoms with Crippen molar-refractivity contribution in [1.29, 1.82) is 0 Å². The van der Waals surface area contributed by atoms with E-state index in [1.54, 1.807) is 36.5 Å². The van der Waals surface area contributed by atoms with Crippen molar-refractivity contribution in [3.8, 4) is 0 Å². The van der Waals surface area contributed by atoms with E-state index in [4.69, 9.17) is 37.9 Å². The van der Waals surface area contributed by atoms with Crippen LogP contribution >= 0.6 is 23.2 Å². The summed E-state index contributed by atoms with van der Waals surface area (Å²) in [5.74, 6) is 1.61. The van der Waals surface area contributed by atoms with Crippen molar-refractivity contribution in [2.24, 2.45) is 0 Å². The Balaban J connectivity index is 1.57. The molecule has 2 atom stereocenters. The highest BCUT2D eigenvalue weighted by Gasteiger charge is 2.25. The highest BCUT2D eigenvalue weighted by molar-refractivity contribution is 6.40. The van der Waals surface area contributed by atoms with Gasteiger partial charge in [0.05, 0.1) is 33.5 Å². The first-order chi connectivity index (χ1) is 16.7. The number of carbonyl (C=O) groups is 1. The van der Waals surface area contributed by atoms with Crippen LogP contribution in [0.4, 0.5) is 23.3 Å². The average Bonchev–Trinajstić information content (AvgIpc) is 2.78. The molecule has 0 aliphatic carbocycles. The van der Waals surface area contributed by atoms with Crippen LogP contribution in [0.5, 0.6) is 0 Å². The van der Waals surface area contributed by atoms with Crippen LogP contribution in [-0.4, -0.2) is 46.2 Å². The van der Waals surface area contributed by atoms with Crippen molar-refractivity contribution in [3.63, 3.8) is 0 Å². The van der Waals surface area contributed by atoms with Crippen molar-refractivity contribution in [2.75, 3.05) is 28.6 Å². The molecule has 3 aromatic rings. The van der Waals surface area contributed by atoms with Gasteiger partial charge in [-0.2, -0.15) is 4.98 Å². The third kappa shape index (κ3) is 6.20. The Bertz CT molecular complexity index is 1190. The normalized spacial score (nSPS) is 18.0. The quantitative estimate of drug-likeness (QED) is 0.422. The number of pyridine rings is 1. The molecule has 0 spiro atoms. The molecule has 4 rings (SSSR count). The van der Waals surface area contributed by atoms with Crippen molar-refractivity contribution in [1.82, 2.24) is 15.0 Å². The van der Waals surface area contributed by atoms with Gasteiger partial charge in [-0.05, 0) is 38.0 Å². The molecule has 1 amide bonds. The van der Waals surface area contributed by atoms with Gasteiger partial charge >= 0.3 is 0 Å². The number of ether oxygens (including phenoxy) is 1. The van der Waals surface area contributed by atoms with Crippen LogP contribution in [0.25, 0.3) is 0 Å². The van der Waals surface area contributed by atoms with Crippen LogP contribution in [0, 0.1) is 0 Å². The monoisotopic (exact) mass is 514 g/mol. The molecule has 1 saturated heterocycles.